The van der Waals surface area contributed by atoms with E-state index in [9.17, 15) is 9.18 Å². The zero-order valence-corrected chi connectivity index (χ0v) is 13.8. The van der Waals surface area contributed by atoms with Crippen molar-refractivity contribution in [1.82, 2.24) is 10.3 Å². The first-order valence-corrected chi connectivity index (χ1v) is 8.35. The minimum absolute atomic E-state index is 0.216. The van der Waals surface area contributed by atoms with Crippen molar-refractivity contribution in [2.45, 2.75) is 26.3 Å². The molecule has 1 amide bonds. The molecule has 2 heterocycles. The van der Waals surface area contributed by atoms with Crippen LogP contribution in [0.15, 0.2) is 42.6 Å². The summed E-state index contributed by atoms with van der Waals surface area (Å²) in [5.74, 6) is 0.170. The third-order valence-electron chi connectivity index (χ3n) is 4.36. The summed E-state index contributed by atoms with van der Waals surface area (Å²) in [6, 6.07) is 9.89. The molecule has 1 atom stereocenters. The number of hydrogen-bond donors (Lipinski definition) is 1. The van der Waals surface area contributed by atoms with Crippen molar-refractivity contribution in [3.63, 3.8) is 0 Å². The highest BCUT2D eigenvalue weighted by molar-refractivity contribution is 5.93. The molecule has 1 unspecified atom stereocenters. The molecule has 3 rings (SSSR count). The lowest BCUT2D eigenvalue weighted by molar-refractivity contribution is 0.0946. The van der Waals surface area contributed by atoms with E-state index >= 15 is 0 Å². The molecule has 1 aliphatic heterocycles. The SMILES string of the molecule is CC1CCCN(c2ccnc(C(=O)NCc3ccc(F)cc3)c2)C1. The van der Waals surface area contributed by atoms with E-state index in [0.29, 0.717) is 18.2 Å². The third kappa shape index (κ3) is 4.10. The van der Waals surface area contributed by atoms with Crippen LogP contribution in [0.2, 0.25) is 0 Å². The molecular formula is C19H22FN3O. The molecule has 1 aromatic carbocycles. The highest BCUT2D eigenvalue weighted by Gasteiger charge is 2.18. The Kier molecular flexibility index (Phi) is 5.08. The molecule has 4 nitrogen and oxygen atoms in total. The summed E-state index contributed by atoms with van der Waals surface area (Å²) in [5.41, 5.74) is 2.31. The normalized spacial score (nSPS) is 17.6. The monoisotopic (exact) mass is 327 g/mol. The highest BCUT2D eigenvalue weighted by atomic mass is 19.1. The number of nitrogens with zero attached hydrogens (tertiary/aromatic N) is 2. The summed E-state index contributed by atoms with van der Waals surface area (Å²) in [6.07, 6.45) is 4.11. The van der Waals surface area contributed by atoms with Crippen LogP contribution in [-0.4, -0.2) is 24.0 Å². The van der Waals surface area contributed by atoms with E-state index in [1.165, 1.54) is 25.0 Å². The zero-order valence-electron chi connectivity index (χ0n) is 13.8. The number of carbonyl (C=O) groups is 1. The molecule has 0 aliphatic carbocycles. The molecule has 0 bridgehead atoms. The van der Waals surface area contributed by atoms with Crippen LogP contribution in [0.3, 0.4) is 0 Å². The summed E-state index contributed by atoms with van der Waals surface area (Å²) in [5, 5.41) is 2.83. The van der Waals surface area contributed by atoms with Crippen LogP contribution < -0.4 is 10.2 Å². The number of piperidine rings is 1. The van der Waals surface area contributed by atoms with Crippen LogP contribution in [0, 0.1) is 11.7 Å². The van der Waals surface area contributed by atoms with Crippen LogP contribution >= 0.6 is 0 Å². The van der Waals surface area contributed by atoms with E-state index < -0.39 is 0 Å². The molecule has 126 valence electrons. The summed E-state index contributed by atoms with van der Waals surface area (Å²) >= 11 is 0. The Morgan fingerprint density at radius 2 is 2.12 bits per heavy atom. The van der Waals surface area contributed by atoms with Gasteiger partial charge in [-0.05, 0) is 48.6 Å². The molecule has 0 radical (unpaired) electrons. The summed E-state index contributed by atoms with van der Waals surface area (Å²) < 4.78 is 12.9. The number of rotatable bonds is 4. The Morgan fingerprint density at radius 3 is 2.88 bits per heavy atom. The maximum Gasteiger partial charge on any atom is 0.270 e. The lowest BCUT2D eigenvalue weighted by atomic mass is 10.00. The van der Waals surface area contributed by atoms with Gasteiger partial charge in [-0.25, -0.2) is 4.39 Å². The molecule has 1 aliphatic rings. The number of carbonyl (C=O) groups excluding carboxylic acids is 1. The van der Waals surface area contributed by atoms with Gasteiger partial charge in [0.15, 0.2) is 0 Å². The Balaban J connectivity index is 1.64. The van der Waals surface area contributed by atoms with Gasteiger partial charge in [-0.2, -0.15) is 0 Å². The summed E-state index contributed by atoms with van der Waals surface area (Å²) in [4.78, 5) is 18.8. The molecule has 1 fully saturated rings. The van der Waals surface area contributed by atoms with Crippen LogP contribution in [-0.2, 0) is 6.54 Å². The lowest BCUT2D eigenvalue weighted by Gasteiger charge is -2.32. The standard InChI is InChI=1S/C19H22FN3O/c1-14-3-2-10-23(13-14)17-8-9-21-18(11-17)19(24)22-12-15-4-6-16(20)7-5-15/h4-9,11,14H,2-3,10,12-13H2,1H3,(H,22,24). The fourth-order valence-corrected chi connectivity index (χ4v) is 3.04. The van der Waals surface area contributed by atoms with Gasteiger partial charge in [-0.15, -0.1) is 0 Å². The molecule has 0 saturated carbocycles. The van der Waals surface area contributed by atoms with Gasteiger partial charge in [0.1, 0.15) is 11.5 Å². The molecule has 5 heteroatoms. The zero-order chi connectivity index (χ0) is 16.9. The number of anilines is 1. The van der Waals surface area contributed by atoms with Gasteiger partial charge in [-0.1, -0.05) is 19.1 Å². The smallest absolute Gasteiger partial charge is 0.270 e. The Morgan fingerprint density at radius 1 is 1.33 bits per heavy atom. The topological polar surface area (TPSA) is 45.2 Å². The lowest BCUT2D eigenvalue weighted by Crippen LogP contribution is -2.34. The largest absolute Gasteiger partial charge is 0.371 e. The number of amides is 1. The minimum atomic E-state index is -0.282. The van der Waals surface area contributed by atoms with Crippen LogP contribution in [0.4, 0.5) is 10.1 Å². The second-order valence-corrected chi connectivity index (χ2v) is 6.40. The van der Waals surface area contributed by atoms with Crippen molar-refractivity contribution in [3.8, 4) is 0 Å². The Hall–Kier alpha value is -2.43. The first-order chi connectivity index (χ1) is 11.6. The van der Waals surface area contributed by atoms with Crippen LogP contribution in [0.1, 0.15) is 35.8 Å². The van der Waals surface area contributed by atoms with Gasteiger partial charge in [0, 0.05) is 31.5 Å². The fourth-order valence-electron chi connectivity index (χ4n) is 3.04. The molecule has 1 saturated heterocycles. The number of pyridine rings is 1. The first-order valence-electron chi connectivity index (χ1n) is 8.35. The number of aromatic nitrogens is 1. The van der Waals surface area contributed by atoms with Gasteiger partial charge in [0.25, 0.3) is 5.91 Å². The van der Waals surface area contributed by atoms with Crippen LogP contribution in [0.5, 0.6) is 0 Å². The molecular weight excluding hydrogens is 305 g/mol. The second kappa shape index (κ2) is 7.43. The highest BCUT2D eigenvalue weighted by Crippen LogP contribution is 2.23. The predicted octanol–water partition coefficient (Wildman–Crippen LogP) is 3.39. The minimum Gasteiger partial charge on any atom is -0.371 e. The van der Waals surface area contributed by atoms with Crippen molar-refractivity contribution in [2.24, 2.45) is 5.92 Å². The number of hydrogen-bond acceptors (Lipinski definition) is 3. The predicted molar refractivity (Wildman–Crippen MR) is 92.4 cm³/mol. The molecule has 0 spiro atoms. The quantitative estimate of drug-likeness (QED) is 0.936. The third-order valence-corrected chi connectivity index (χ3v) is 4.36. The van der Waals surface area contributed by atoms with E-state index in [-0.39, 0.29) is 11.7 Å². The maximum atomic E-state index is 12.9. The van der Waals surface area contributed by atoms with Gasteiger partial charge in [-0.3, -0.25) is 9.78 Å². The van der Waals surface area contributed by atoms with Crippen molar-refractivity contribution in [3.05, 3.63) is 59.7 Å². The van der Waals surface area contributed by atoms with Gasteiger partial charge >= 0.3 is 0 Å². The van der Waals surface area contributed by atoms with E-state index in [1.54, 1.807) is 18.3 Å². The van der Waals surface area contributed by atoms with Gasteiger partial charge in [0.05, 0.1) is 0 Å². The fraction of sp³-hybridized carbons (Fsp3) is 0.368. The van der Waals surface area contributed by atoms with E-state index in [1.807, 2.05) is 12.1 Å². The summed E-state index contributed by atoms with van der Waals surface area (Å²) in [6.45, 7) is 4.64. The van der Waals surface area contributed by atoms with E-state index in [0.717, 1.165) is 24.3 Å². The first kappa shape index (κ1) is 16.4. The van der Waals surface area contributed by atoms with Crippen molar-refractivity contribution in [2.75, 3.05) is 18.0 Å². The van der Waals surface area contributed by atoms with Gasteiger partial charge in [0.2, 0.25) is 0 Å². The van der Waals surface area contributed by atoms with E-state index in [2.05, 4.69) is 22.1 Å². The molecule has 24 heavy (non-hydrogen) atoms. The van der Waals surface area contributed by atoms with Crippen LogP contribution in [0.25, 0.3) is 0 Å². The number of benzene rings is 1. The molecule has 1 aromatic heterocycles. The number of nitrogens with one attached hydrogen (secondary N) is 1. The van der Waals surface area contributed by atoms with Crippen molar-refractivity contribution in [1.29, 1.82) is 0 Å². The Bertz CT molecular complexity index is 702. The second-order valence-electron chi connectivity index (χ2n) is 6.40. The van der Waals surface area contributed by atoms with Crippen molar-refractivity contribution >= 4 is 11.6 Å². The number of halogens is 1. The maximum absolute atomic E-state index is 12.9. The average molecular weight is 327 g/mol. The average Bonchev–Trinajstić information content (AvgIpc) is 2.61. The van der Waals surface area contributed by atoms with E-state index in [4.69, 9.17) is 0 Å². The summed E-state index contributed by atoms with van der Waals surface area (Å²) in [7, 11) is 0. The molecule has 1 N–H and O–H groups in total. The Labute approximate surface area is 141 Å². The molecule has 2 aromatic rings. The van der Waals surface area contributed by atoms with Gasteiger partial charge < -0.3 is 10.2 Å². The van der Waals surface area contributed by atoms with Crippen molar-refractivity contribution < 1.29 is 9.18 Å².